The zero-order valence-electron chi connectivity index (χ0n) is 20.7. The van der Waals surface area contributed by atoms with Gasteiger partial charge in [0.1, 0.15) is 23.0 Å². The van der Waals surface area contributed by atoms with Gasteiger partial charge in [-0.1, -0.05) is 42.5 Å². The van der Waals surface area contributed by atoms with Gasteiger partial charge in [0.2, 0.25) is 0 Å². The molecule has 0 aliphatic carbocycles. The number of hydrogen-bond donors (Lipinski definition) is 0. The van der Waals surface area contributed by atoms with Gasteiger partial charge in [-0.25, -0.2) is 9.97 Å². The second-order valence-corrected chi connectivity index (χ2v) is 9.91. The Hall–Kier alpha value is -5.42. The maximum atomic E-state index is 6.51. The highest BCUT2D eigenvalue weighted by molar-refractivity contribution is 6.22. The Morgan fingerprint density at radius 2 is 1.15 bits per heavy atom. The normalized spacial score (nSPS) is 12.1. The fourth-order valence-electron chi connectivity index (χ4n) is 6.22. The summed E-state index contributed by atoms with van der Waals surface area (Å²) in [7, 11) is 0. The molecule has 0 amide bonds. The molecule has 0 spiro atoms. The summed E-state index contributed by atoms with van der Waals surface area (Å²) in [6.07, 6.45) is 3.69. The summed E-state index contributed by atoms with van der Waals surface area (Å²) in [5.41, 5.74) is 5.45. The van der Waals surface area contributed by atoms with E-state index >= 15 is 0 Å². The maximum Gasteiger partial charge on any atom is 0.145 e. The number of aromatic nitrogens is 4. The fraction of sp³-hybridized carbons (Fsp3) is 0. The number of pyridine rings is 2. The summed E-state index contributed by atoms with van der Waals surface area (Å²) in [6, 6.07) is 37.7. The third-order valence-corrected chi connectivity index (χ3v) is 7.81. The molecule has 0 radical (unpaired) electrons. The second kappa shape index (κ2) is 7.55. The van der Waals surface area contributed by atoms with Gasteiger partial charge >= 0.3 is 0 Å². The first-order chi connectivity index (χ1) is 19.3. The molecule has 0 saturated carbocycles. The van der Waals surface area contributed by atoms with E-state index in [1.54, 1.807) is 0 Å². The van der Waals surface area contributed by atoms with Crippen LogP contribution in [-0.4, -0.2) is 18.9 Å². The molecular weight excluding hydrogens is 480 g/mol. The van der Waals surface area contributed by atoms with E-state index in [4.69, 9.17) is 9.72 Å². The van der Waals surface area contributed by atoms with Crippen molar-refractivity contribution in [2.45, 2.75) is 0 Å². The third-order valence-electron chi connectivity index (χ3n) is 7.81. The molecule has 5 aromatic heterocycles. The molecule has 0 atom stereocenters. The van der Waals surface area contributed by atoms with Gasteiger partial charge in [-0.05, 0) is 54.6 Å². The SMILES string of the molecule is c1ccc(-n2c3ccccc3c3ccc(Oc4ccc5c6cccc7c8cccnc8n(c5c4)c67)cc32)nc1. The van der Waals surface area contributed by atoms with Crippen molar-refractivity contribution >= 4 is 60.0 Å². The van der Waals surface area contributed by atoms with E-state index in [0.29, 0.717) is 0 Å². The zero-order chi connectivity index (χ0) is 25.5. The van der Waals surface area contributed by atoms with Crippen molar-refractivity contribution < 1.29 is 4.74 Å². The van der Waals surface area contributed by atoms with Gasteiger partial charge in [-0.2, -0.15) is 0 Å². The van der Waals surface area contributed by atoms with Gasteiger partial charge in [-0.3, -0.25) is 8.97 Å². The average Bonchev–Trinajstić information content (AvgIpc) is 3.62. The first kappa shape index (κ1) is 20.6. The number of nitrogens with zero attached hydrogens (tertiary/aromatic N) is 4. The standard InChI is InChI=1S/C34H20N4O/c1-2-11-29-23(7-1)24-15-13-21(19-30(24)37(29)32-12-3-4-17-35-32)39-22-14-16-25-26-8-5-9-27-28-10-6-18-36-34(28)38(33(26)27)31(25)20-22/h1-20H. The van der Waals surface area contributed by atoms with Crippen molar-refractivity contribution in [1.82, 2.24) is 18.9 Å². The van der Waals surface area contributed by atoms with Crippen LogP contribution >= 0.6 is 0 Å². The van der Waals surface area contributed by atoms with Gasteiger partial charge in [0.15, 0.2) is 0 Å². The molecule has 0 fully saturated rings. The van der Waals surface area contributed by atoms with E-state index in [2.05, 4.69) is 92.8 Å². The minimum Gasteiger partial charge on any atom is -0.457 e. The molecule has 0 bridgehead atoms. The van der Waals surface area contributed by atoms with Crippen LogP contribution in [0, 0.1) is 0 Å². The molecule has 9 aromatic rings. The van der Waals surface area contributed by atoms with E-state index in [1.165, 1.54) is 37.8 Å². The van der Waals surface area contributed by atoms with E-state index in [9.17, 15) is 0 Å². The van der Waals surface area contributed by atoms with Crippen LogP contribution in [0.5, 0.6) is 11.5 Å². The predicted octanol–water partition coefficient (Wildman–Crippen LogP) is 8.52. The quantitative estimate of drug-likeness (QED) is 0.244. The minimum atomic E-state index is 0.776. The largest absolute Gasteiger partial charge is 0.457 e. The molecule has 9 rings (SSSR count). The summed E-state index contributed by atoms with van der Waals surface area (Å²) in [5, 5.41) is 7.17. The van der Waals surface area contributed by atoms with Crippen molar-refractivity contribution in [3.05, 3.63) is 122 Å². The van der Waals surface area contributed by atoms with Crippen LogP contribution in [0.1, 0.15) is 0 Å². The second-order valence-electron chi connectivity index (χ2n) is 9.91. The lowest BCUT2D eigenvalue weighted by Gasteiger charge is -2.09. The Balaban J connectivity index is 1.24. The molecule has 182 valence electrons. The highest BCUT2D eigenvalue weighted by atomic mass is 16.5. The van der Waals surface area contributed by atoms with Crippen molar-refractivity contribution in [3.8, 4) is 17.3 Å². The Kier molecular flexibility index (Phi) is 3.99. The lowest BCUT2D eigenvalue weighted by molar-refractivity contribution is 0.484. The number of benzene rings is 4. The van der Waals surface area contributed by atoms with Crippen LogP contribution in [0.2, 0.25) is 0 Å². The van der Waals surface area contributed by atoms with Crippen molar-refractivity contribution in [2.75, 3.05) is 0 Å². The lowest BCUT2D eigenvalue weighted by Crippen LogP contribution is -1.96. The Labute approximate surface area is 222 Å². The molecule has 0 aliphatic heterocycles. The van der Waals surface area contributed by atoms with Crippen LogP contribution in [0.25, 0.3) is 65.8 Å². The molecule has 0 N–H and O–H groups in total. The van der Waals surface area contributed by atoms with Crippen LogP contribution in [0.3, 0.4) is 0 Å². The van der Waals surface area contributed by atoms with Crippen molar-refractivity contribution in [2.24, 2.45) is 0 Å². The first-order valence-electron chi connectivity index (χ1n) is 13.0. The third kappa shape index (κ3) is 2.79. The molecule has 0 unspecified atom stereocenters. The molecular formula is C34H20N4O. The molecule has 0 aliphatic rings. The number of rotatable bonds is 3. The number of para-hydroxylation sites is 2. The van der Waals surface area contributed by atoms with E-state index in [-0.39, 0.29) is 0 Å². The van der Waals surface area contributed by atoms with Crippen molar-refractivity contribution in [3.63, 3.8) is 0 Å². The highest BCUT2D eigenvalue weighted by Crippen LogP contribution is 2.40. The zero-order valence-corrected chi connectivity index (χ0v) is 20.7. The lowest BCUT2D eigenvalue weighted by atomic mass is 10.1. The molecule has 0 saturated heterocycles. The number of fused-ring (bicyclic) bond motifs is 9. The monoisotopic (exact) mass is 500 g/mol. The maximum absolute atomic E-state index is 6.51. The first-order valence-corrected chi connectivity index (χ1v) is 13.0. The van der Waals surface area contributed by atoms with Gasteiger partial charge in [-0.15, -0.1) is 0 Å². The molecule has 5 heteroatoms. The van der Waals surface area contributed by atoms with Crippen LogP contribution in [-0.2, 0) is 0 Å². The fourth-order valence-corrected chi connectivity index (χ4v) is 6.22. The summed E-state index contributed by atoms with van der Waals surface area (Å²) in [6.45, 7) is 0. The van der Waals surface area contributed by atoms with Gasteiger partial charge in [0.05, 0.1) is 22.1 Å². The highest BCUT2D eigenvalue weighted by Gasteiger charge is 2.18. The summed E-state index contributed by atoms with van der Waals surface area (Å²) in [4.78, 5) is 9.39. The van der Waals surface area contributed by atoms with Crippen molar-refractivity contribution in [1.29, 1.82) is 0 Å². The number of ether oxygens (including phenoxy) is 1. The van der Waals surface area contributed by atoms with Crippen LogP contribution < -0.4 is 4.74 Å². The summed E-state index contributed by atoms with van der Waals surface area (Å²) in [5.74, 6) is 2.44. The molecule has 39 heavy (non-hydrogen) atoms. The van der Waals surface area contributed by atoms with E-state index < -0.39 is 0 Å². The Morgan fingerprint density at radius 3 is 2.00 bits per heavy atom. The predicted molar refractivity (Wildman–Crippen MR) is 158 cm³/mol. The van der Waals surface area contributed by atoms with Gasteiger partial charge in [0.25, 0.3) is 0 Å². The minimum absolute atomic E-state index is 0.776. The summed E-state index contributed by atoms with van der Waals surface area (Å²) < 4.78 is 11.0. The average molecular weight is 501 g/mol. The van der Waals surface area contributed by atoms with E-state index in [0.717, 1.165) is 39.5 Å². The molecule has 4 aromatic carbocycles. The Morgan fingerprint density at radius 1 is 0.487 bits per heavy atom. The Bertz CT molecular complexity index is 2370. The van der Waals surface area contributed by atoms with Crippen LogP contribution in [0.15, 0.2) is 122 Å². The molecule has 5 nitrogen and oxygen atoms in total. The van der Waals surface area contributed by atoms with Gasteiger partial charge < -0.3 is 4.74 Å². The summed E-state index contributed by atoms with van der Waals surface area (Å²) >= 11 is 0. The smallest absolute Gasteiger partial charge is 0.145 e. The molecule has 5 heterocycles. The number of hydrogen-bond acceptors (Lipinski definition) is 3. The van der Waals surface area contributed by atoms with Gasteiger partial charge in [0, 0.05) is 56.8 Å². The van der Waals surface area contributed by atoms with E-state index in [1.807, 2.05) is 42.7 Å². The topological polar surface area (TPSA) is 44.4 Å². The van der Waals surface area contributed by atoms with Crippen LogP contribution in [0.4, 0.5) is 0 Å².